The van der Waals surface area contributed by atoms with Crippen molar-refractivity contribution in [3.63, 3.8) is 0 Å². The van der Waals surface area contributed by atoms with Gasteiger partial charge < -0.3 is 9.47 Å². The van der Waals surface area contributed by atoms with Gasteiger partial charge in [0.1, 0.15) is 5.76 Å². The van der Waals surface area contributed by atoms with Gasteiger partial charge in [0.2, 0.25) is 5.88 Å². The molecule has 6 heteroatoms. The summed E-state index contributed by atoms with van der Waals surface area (Å²) < 4.78 is 10.0. The molecule has 1 aliphatic heterocycles. The maximum absolute atomic E-state index is 5.09. The first-order valence-corrected chi connectivity index (χ1v) is 8.37. The number of hydrogen-bond acceptors (Lipinski definition) is 6. The van der Waals surface area contributed by atoms with Crippen molar-refractivity contribution in [3.05, 3.63) is 29.4 Å². The molecular weight excluding hydrogens is 304 g/mol. The van der Waals surface area contributed by atoms with Crippen molar-refractivity contribution in [1.82, 2.24) is 15.4 Å². The third-order valence-corrected chi connectivity index (χ3v) is 2.67. The van der Waals surface area contributed by atoms with Crippen LogP contribution in [-0.2, 0) is 4.74 Å². The van der Waals surface area contributed by atoms with Crippen LogP contribution in [0.4, 0.5) is 0 Å². The van der Waals surface area contributed by atoms with Gasteiger partial charge in [0.25, 0.3) is 0 Å². The molecule has 1 aliphatic rings. The summed E-state index contributed by atoms with van der Waals surface area (Å²) in [6.07, 6.45) is 3.65. The summed E-state index contributed by atoms with van der Waals surface area (Å²) in [5.74, 6) is 1.55. The number of hydrazone groups is 1. The summed E-state index contributed by atoms with van der Waals surface area (Å²) in [5.41, 5.74) is 5.59. The molecule has 0 radical (unpaired) electrons. The zero-order chi connectivity index (χ0) is 19.1. The number of aryl methyl sites for hydroxylation is 2. The molecule has 0 aromatic carbocycles. The molecule has 2 heterocycles. The molecule has 0 aliphatic carbocycles. The number of rotatable bonds is 2. The second-order valence-corrected chi connectivity index (χ2v) is 4.46. The third kappa shape index (κ3) is 9.12. The summed E-state index contributed by atoms with van der Waals surface area (Å²) >= 11 is 0. The topological polar surface area (TPSA) is 68.6 Å². The second kappa shape index (κ2) is 14.5. The van der Waals surface area contributed by atoms with Crippen molar-refractivity contribution in [2.75, 3.05) is 14.2 Å². The molecule has 24 heavy (non-hydrogen) atoms. The Bertz CT molecular complexity index is 514. The number of ether oxygens (including phenoxy) is 2. The summed E-state index contributed by atoms with van der Waals surface area (Å²) in [5, 5.41) is 4.02. The van der Waals surface area contributed by atoms with Crippen molar-refractivity contribution >= 4 is 5.71 Å². The minimum absolute atomic E-state index is 0.202. The highest BCUT2D eigenvalue weighted by molar-refractivity contribution is 5.93. The van der Waals surface area contributed by atoms with Crippen LogP contribution in [0.3, 0.4) is 0 Å². The fraction of sp³-hybridized carbons (Fsp3) is 0.611. The minimum atomic E-state index is 0.202. The zero-order valence-corrected chi connectivity index (χ0v) is 16.9. The number of hydrogen-bond donors (Lipinski definition) is 1. The third-order valence-electron chi connectivity index (χ3n) is 2.67. The lowest BCUT2D eigenvalue weighted by atomic mass is 10.2. The van der Waals surface area contributed by atoms with Crippen molar-refractivity contribution in [3.8, 4) is 5.88 Å². The Balaban J connectivity index is 0. The molecular formula is C18H34N4O2. The van der Waals surface area contributed by atoms with Crippen LogP contribution in [-0.4, -0.2) is 35.9 Å². The van der Waals surface area contributed by atoms with E-state index in [2.05, 4.69) is 20.5 Å². The SMILES string of the molecule is CC.CC.COC1=CC(C)=NNC1C.COc1nc(C)cnc1C. The highest BCUT2D eigenvalue weighted by Gasteiger charge is 2.11. The average molecular weight is 338 g/mol. The standard InChI is InChI=1S/C7H10N2O.C7H12N2O.2C2H6/c1-5-4-8-6(2)7(9-5)10-3;1-5-4-7(10-3)6(2)9-8-5;2*1-2/h4H,1-3H3;4,6,9H,1-3H3;2*1-2H3. The normalized spacial score (nSPS) is 14.7. The lowest BCUT2D eigenvalue weighted by molar-refractivity contribution is 0.255. The van der Waals surface area contributed by atoms with Crippen LogP contribution >= 0.6 is 0 Å². The van der Waals surface area contributed by atoms with Gasteiger partial charge in [-0.05, 0) is 27.7 Å². The highest BCUT2D eigenvalue weighted by Crippen LogP contribution is 2.09. The fourth-order valence-corrected chi connectivity index (χ4v) is 1.57. The van der Waals surface area contributed by atoms with Gasteiger partial charge in [-0.1, -0.05) is 27.7 Å². The van der Waals surface area contributed by atoms with Gasteiger partial charge >= 0.3 is 0 Å². The number of aromatic nitrogens is 2. The molecule has 1 atom stereocenters. The number of nitrogens with zero attached hydrogens (tertiary/aromatic N) is 3. The van der Waals surface area contributed by atoms with Gasteiger partial charge in [-0.25, -0.2) is 4.98 Å². The Morgan fingerprint density at radius 1 is 1.00 bits per heavy atom. The van der Waals surface area contributed by atoms with E-state index in [0.717, 1.165) is 22.9 Å². The van der Waals surface area contributed by atoms with Gasteiger partial charge in [0, 0.05) is 12.3 Å². The van der Waals surface area contributed by atoms with E-state index in [1.165, 1.54) is 0 Å². The van der Waals surface area contributed by atoms with Crippen molar-refractivity contribution < 1.29 is 9.47 Å². The van der Waals surface area contributed by atoms with Gasteiger partial charge in [0.05, 0.1) is 37.4 Å². The van der Waals surface area contributed by atoms with E-state index in [1.54, 1.807) is 20.4 Å². The molecule has 6 nitrogen and oxygen atoms in total. The maximum atomic E-state index is 5.09. The molecule has 0 spiro atoms. The van der Waals surface area contributed by atoms with Crippen LogP contribution in [0.2, 0.25) is 0 Å². The van der Waals surface area contributed by atoms with Crippen LogP contribution in [0, 0.1) is 13.8 Å². The average Bonchev–Trinajstić information content (AvgIpc) is 2.63. The molecule has 1 aromatic rings. The van der Waals surface area contributed by atoms with Crippen molar-refractivity contribution in [2.45, 2.75) is 61.4 Å². The molecule has 1 aromatic heterocycles. The van der Waals surface area contributed by atoms with E-state index >= 15 is 0 Å². The molecule has 1 N–H and O–H groups in total. The summed E-state index contributed by atoms with van der Waals surface area (Å²) in [6, 6.07) is 0.202. The smallest absolute Gasteiger partial charge is 0.235 e. The van der Waals surface area contributed by atoms with Gasteiger partial charge in [-0.2, -0.15) is 5.10 Å². The molecule has 0 amide bonds. The predicted molar refractivity (Wildman–Crippen MR) is 102 cm³/mol. The number of methoxy groups -OCH3 is 2. The molecule has 1 unspecified atom stereocenters. The maximum Gasteiger partial charge on any atom is 0.235 e. The molecule has 0 saturated heterocycles. The largest absolute Gasteiger partial charge is 0.499 e. The number of nitrogens with one attached hydrogen (secondary N) is 1. The fourth-order valence-electron chi connectivity index (χ4n) is 1.57. The molecule has 0 saturated carbocycles. The lowest BCUT2D eigenvalue weighted by Crippen LogP contribution is -2.28. The van der Waals surface area contributed by atoms with Gasteiger partial charge in [-0.3, -0.25) is 10.4 Å². The van der Waals surface area contributed by atoms with E-state index < -0.39 is 0 Å². The minimum Gasteiger partial charge on any atom is -0.499 e. The summed E-state index contributed by atoms with van der Waals surface area (Å²) in [7, 11) is 3.26. The Hall–Kier alpha value is -2.11. The van der Waals surface area contributed by atoms with E-state index in [0.29, 0.717) is 5.88 Å². The number of allylic oxidation sites excluding steroid dienone is 1. The first-order valence-electron chi connectivity index (χ1n) is 8.37. The monoisotopic (exact) mass is 338 g/mol. The first kappa shape index (κ1) is 24.1. The second-order valence-electron chi connectivity index (χ2n) is 4.46. The van der Waals surface area contributed by atoms with Crippen LogP contribution in [0.15, 0.2) is 23.1 Å². The Labute approximate surface area is 147 Å². The zero-order valence-electron chi connectivity index (χ0n) is 16.9. The summed E-state index contributed by atoms with van der Waals surface area (Å²) in [4.78, 5) is 8.17. The molecule has 0 fully saturated rings. The van der Waals surface area contributed by atoms with Crippen molar-refractivity contribution in [2.24, 2.45) is 5.10 Å². The van der Waals surface area contributed by atoms with Crippen LogP contribution in [0.25, 0.3) is 0 Å². The van der Waals surface area contributed by atoms with Crippen LogP contribution in [0.1, 0.15) is 52.9 Å². The van der Waals surface area contributed by atoms with Gasteiger partial charge in [-0.15, -0.1) is 0 Å². The van der Waals surface area contributed by atoms with Crippen molar-refractivity contribution in [1.29, 1.82) is 0 Å². The first-order chi connectivity index (χ1) is 11.5. The predicted octanol–water partition coefficient (Wildman–Crippen LogP) is 4.04. The van der Waals surface area contributed by atoms with E-state index in [4.69, 9.17) is 9.47 Å². The summed E-state index contributed by atoms with van der Waals surface area (Å²) in [6.45, 7) is 15.7. The van der Waals surface area contributed by atoms with Gasteiger partial charge in [0.15, 0.2) is 0 Å². The van der Waals surface area contributed by atoms with E-state index in [9.17, 15) is 0 Å². The molecule has 2 rings (SSSR count). The Morgan fingerprint density at radius 3 is 2.00 bits per heavy atom. The highest BCUT2D eigenvalue weighted by atomic mass is 16.5. The van der Waals surface area contributed by atoms with E-state index in [-0.39, 0.29) is 6.04 Å². The molecule has 138 valence electrons. The molecule has 0 bridgehead atoms. The van der Waals surface area contributed by atoms with E-state index in [1.807, 2.05) is 61.5 Å². The Morgan fingerprint density at radius 2 is 1.58 bits per heavy atom. The lowest BCUT2D eigenvalue weighted by Gasteiger charge is -2.18. The van der Waals surface area contributed by atoms with Crippen LogP contribution < -0.4 is 10.2 Å². The Kier molecular flexibility index (Phi) is 14.6. The quantitative estimate of drug-likeness (QED) is 0.881. The van der Waals surface area contributed by atoms with Crippen LogP contribution in [0.5, 0.6) is 5.88 Å².